The van der Waals surface area contributed by atoms with E-state index < -0.39 is 6.10 Å². The topological polar surface area (TPSA) is 68.9 Å². The van der Waals surface area contributed by atoms with E-state index in [-0.39, 0.29) is 5.69 Å². The number of aliphatic hydroxyl groups excluding tert-OH is 1. The highest BCUT2D eigenvalue weighted by atomic mass is 79.9. The number of fused-ring (bicyclic) bond motifs is 1. The number of imidazole rings is 1. The molecule has 0 radical (unpaired) electrons. The van der Waals surface area contributed by atoms with Gasteiger partial charge in [0, 0.05) is 20.1 Å². The molecular weight excluding hydrogens is 423 g/mol. The van der Waals surface area contributed by atoms with Crippen molar-refractivity contribution in [1.29, 1.82) is 0 Å². The minimum atomic E-state index is -0.910. The number of H-pyrrole nitrogens is 2. The number of rotatable bonds is 2. The van der Waals surface area contributed by atoms with Crippen molar-refractivity contribution < 1.29 is 5.11 Å². The fourth-order valence-corrected chi connectivity index (χ4v) is 3.35. The molecule has 0 aliphatic heterocycles. The number of halogens is 3. The second-order valence-corrected chi connectivity index (χ2v) is 6.63. The van der Waals surface area contributed by atoms with Crippen LogP contribution in [-0.2, 0) is 0 Å². The third-order valence-electron chi connectivity index (χ3n) is 3.20. The van der Waals surface area contributed by atoms with E-state index in [4.69, 9.17) is 11.6 Å². The zero-order chi connectivity index (χ0) is 15.1. The lowest BCUT2D eigenvalue weighted by molar-refractivity contribution is 0.219. The summed E-state index contributed by atoms with van der Waals surface area (Å²) >= 11 is 13.0. The van der Waals surface area contributed by atoms with Crippen molar-refractivity contribution >= 4 is 54.5 Å². The van der Waals surface area contributed by atoms with Crippen LogP contribution in [0.15, 0.2) is 44.1 Å². The van der Waals surface area contributed by atoms with Gasteiger partial charge in [-0.3, -0.25) is 0 Å². The van der Waals surface area contributed by atoms with E-state index in [9.17, 15) is 9.90 Å². The number of nitrogens with one attached hydrogen (secondary N) is 2. The number of benzene rings is 2. The number of aromatic amines is 2. The standard InChI is InChI=1S/C14H9Br2ClN2O2/c15-8-3-1-2-6(12(8)17)13(20)7-4-10-11(5-9(7)16)19-14(21)18-10/h1-5,13,20H,(H2,18,19,21). The van der Waals surface area contributed by atoms with E-state index in [0.29, 0.717) is 36.1 Å². The van der Waals surface area contributed by atoms with E-state index in [2.05, 4.69) is 41.8 Å². The van der Waals surface area contributed by atoms with Gasteiger partial charge in [0.05, 0.1) is 16.1 Å². The Morgan fingerprint density at radius 2 is 1.71 bits per heavy atom. The molecule has 3 rings (SSSR count). The van der Waals surface area contributed by atoms with Gasteiger partial charge < -0.3 is 15.1 Å². The molecule has 1 heterocycles. The van der Waals surface area contributed by atoms with Crippen LogP contribution in [0.1, 0.15) is 17.2 Å². The summed E-state index contributed by atoms with van der Waals surface area (Å²) in [4.78, 5) is 16.7. The monoisotopic (exact) mass is 430 g/mol. The molecular formula is C14H9Br2ClN2O2. The molecule has 2 aromatic carbocycles. The second kappa shape index (κ2) is 5.61. The zero-order valence-electron chi connectivity index (χ0n) is 10.5. The molecule has 0 spiro atoms. The van der Waals surface area contributed by atoms with Crippen LogP contribution >= 0.6 is 43.5 Å². The summed E-state index contributed by atoms with van der Waals surface area (Å²) in [7, 11) is 0. The van der Waals surface area contributed by atoms with Crippen molar-refractivity contribution in [2.24, 2.45) is 0 Å². The molecule has 1 aromatic heterocycles. The number of hydrogen-bond donors (Lipinski definition) is 3. The molecule has 21 heavy (non-hydrogen) atoms. The number of hydrogen-bond acceptors (Lipinski definition) is 2. The van der Waals surface area contributed by atoms with Crippen LogP contribution < -0.4 is 5.69 Å². The molecule has 1 unspecified atom stereocenters. The van der Waals surface area contributed by atoms with E-state index in [1.165, 1.54) is 0 Å². The molecule has 0 bridgehead atoms. The highest BCUT2D eigenvalue weighted by Crippen LogP contribution is 2.36. The SMILES string of the molecule is O=c1[nH]c2cc(Br)c(C(O)c3cccc(Br)c3Cl)cc2[nH]1. The highest BCUT2D eigenvalue weighted by molar-refractivity contribution is 9.10. The summed E-state index contributed by atoms with van der Waals surface area (Å²) in [5.41, 5.74) is 2.22. The van der Waals surface area contributed by atoms with Gasteiger partial charge in [-0.2, -0.15) is 0 Å². The first kappa shape index (κ1) is 14.8. The summed E-state index contributed by atoms with van der Waals surface area (Å²) in [6.45, 7) is 0. The first-order chi connectivity index (χ1) is 9.97. The summed E-state index contributed by atoms with van der Waals surface area (Å²) in [5.74, 6) is 0. The normalized spacial score (nSPS) is 12.8. The van der Waals surface area contributed by atoms with Crippen molar-refractivity contribution in [3.8, 4) is 0 Å². The highest BCUT2D eigenvalue weighted by Gasteiger charge is 2.19. The zero-order valence-corrected chi connectivity index (χ0v) is 14.4. The van der Waals surface area contributed by atoms with Gasteiger partial charge in [-0.1, -0.05) is 39.7 Å². The van der Waals surface area contributed by atoms with Gasteiger partial charge in [-0.05, 0) is 34.1 Å². The molecule has 0 saturated carbocycles. The predicted octanol–water partition coefficient (Wildman–Crippen LogP) is 4.12. The third kappa shape index (κ3) is 2.68. The van der Waals surface area contributed by atoms with Gasteiger partial charge in [0.25, 0.3) is 0 Å². The molecule has 0 fully saturated rings. The van der Waals surface area contributed by atoms with Crippen molar-refractivity contribution in [1.82, 2.24) is 9.97 Å². The Kier molecular flexibility index (Phi) is 3.96. The first-order valence-corrected chi connectivity index (χ1v) is 7.97. The van der Waals surface area contributed by atoms with Crippen LogP contribution in [0.25, 0.3) is 11.0 Å². The van der Waals surface area contributed by atoms with Crippen LogP contribution in [0.5, 0.6) is 0 Å². The van der Waals surface area contributed by atoms with Crippen LogP contribution in [0.4, 0.5) is 0 Å². The lowest BCUT2D eigenvalue weighted by Gasteiger charge is -2.15. The summed E-state index contributed by atoms with van der Waals surface area (Å²) in [6, 6.07) is 8.84. The molecule has 0 aliphatic carbocycles. The maximum absolute atomic E-state index is 11.3. The molecule has 0 saturated heterocycles. The predicted molar refractivity (Wildman–Crippen MR) is 89.8 cm³/mol. The molecule has 3 aromatic rings. The Labute approximate surface area is 141 Å². The number of aromatic nitrogens is 2. The summed E-state index contributed by atoms with van der Waals surface area (Å²) in [5, 5.41) is 11.1. The molecule has 0 aliphatic rings. The van der Waals surface area contributed by atoms with Gasteiger partial charge in [0.2, 0.25) is 0 Å². The van der Waals surface area contributed by atoms with Gasteiger partial charge in [-0.25, -0.2) is 4.79 Å². The molecule has 108 valence electrons. The van der Waals surface area contributed by atoms with E-state index >= 15 is 0 Å². The lowest BCUT2D eigenvalue weighted by Crippen LogP contribution is -2.02. The van der Waals surface area contributed by atoms with Crippen LogP contribution in [0.2, 0.25) is 5.02 Å². The second-order valence-electron chi connectivity index (χ2n) is 4.54. The minimum Gasteiger partial charge on any atom is -0.384 e. The lowest BCUT2D eigenvalue weighted by atomic mass is 10.0. The van der Waals surface area contributed by atoms with Crippen molar-refractivity contribution in [3.63, 3.8) is 0 Å². The average Bonchev–Trinajstić information content (AvgIpc) is 2.79. The van der Waals surface area contributed by atoms with Crippen molar-refractivity contribution in [3.05, 3.63) is 65.9 Å². The van der Waals surface area contributed by atoms with Crippen molar-refractivity contribution in [2.75, 3.05) is 0 Å². The van der Waals surface area contributed by atoms with Gasteiger partial charge in [-0.15, -0.1) is 0 Å². The van der Waals surface area contributed by atoms with E-state index in [1.54, 1.807) is 30.3 Å². The quantitative estimate of drug-likeness (QED) is 0.570. The molecule has 7 heteroatoms. The van der Waals surface area contributed by atoms with Crippen molar-refractivity contribution in [2.45, 2.75) is 6.10 Å². The molecule has 1 atom stereocenters. The Hall–Kier alpha value is -1.08. The van der Waals surface area contributed by atoms with E-state index in [1.807, 2.05) is 0 Å². The van der Waals surface area contributed by atoms with Crippen LogP contribution in [0.3, 0.4) is 0 Å². The van der Waals surface area contributed by atoms with Gasteiger partial charge >= 0.3 is 5.69 Å². The van der Waals surface area contributed by atoms with Crippen LogP contribution in [0, 0.1) is 0 Å². The van der Waals surface area contributed by atoms with Crippen LogP contribution in [-0.4, -0.2) is 15.1 Å². The van der Waals surface area contributed by atoms with Gasteiger partial charge in [0.15, 0.2) is 0 Å². The third-order valence-corrected chi connectivity index (χ3v) is 5.20. The smallest absolute Gasteiger partial charge is 0.323 e. The minimum absolute atomic E-state index is 0.288. The largest absolute Gasteiger partial charge is 0.384 e. The summed E-state index contributed by atoms with van der Waals surface area (Å²) in [6.07, 6.45) is -0.910. The van der Waals surface area contributed by atoms with E-state index in [0.717, 1.165) is 0 Å². The molecule has 0 amide bonds. The molecule has 4 nitrogen and oxygen atoms in total. The Bertz CT molecular complexity index is 888. The average molecular weight is 432 g/mol. The number of aliphatic hydroxyl groups is 1. The maximum Gasteiger partial charge on any atom is 0.323 e. The Morgan fingerprint density at radius 3 is 2.43 bits per heavy atom. The summed E-state index contributed by atoms with van der Waals surface area (Å²) < 4.78 is 1.40. The Morgan fingerprint density at radius 1 is 1.05 bits per heavy atom. The van der Waals surface area contributed by atoms with Gasteiger partial charge in [0.1, 0.15) is 6.10 Å². The fourth-order valence-electron chi connectivity index (χ4n) is 2.18. The Balaban J connectivity index is 2.16. The maximum atomic E-state index is 11.3. The fraction of sp³-hybridized carbons (Fsp3) is 0.0714. The molecule has 3 N–H and O–H groups in total. The first-order valence-electron chi connectivity index (χ1n) is 6.01.